The van der Waals surface area contributed by atoms with Crippen molar-refractivity contribution in [2.24, 2.45) is 4.99 Å². The average Bonchev–Trinajstić information content (AvgIpc) is 2.34. The number of nitrogens with zero attached hydrogens (tertiary/aromatic N) is 1. The molecule has 0 saturated carbocycles. The summed E-state index contributed by atoms with van der Waals surface area (Å²) in [6.07, 6.45) is 13.7. The zero-order chi connectivity index (χ0) is 14.4. The maximum atomic E-state index is 9.83. The Morgan fingerprint density at radius 2 is 1.16 bits per heavy atom. The van der Waals surface area contributed by atoms with Gasteiger partial charge < -0.3 is 0 Å². The number of carbonyl (C=O) groups excluding carboxylic acids is 1. The van der Waals surface area contributed by atoms with Crippen molar-refractivity contribution in [3.63, 3.8) is 0 Å². The molecule has 0 spiro atoms. The lowest BCUT2D eigenvalue weighted by molar-refractivity contribution is 0.552. The number of unbranched alkanes of at least 4 members (excludes halogenated alkanes) is 9. The van der Waals surface area contributed by atoms with Gasteiger partial charge in [0.1, 0.15) is 0 Å². The van der Waals surface area contributed by atoms with E-state index in [4.69, 9.17) is 33.2 Å². The molecule has 0 rings (SSSR count). The van der Waals surface area contributed by atoms with Crippen molar-refractivity contribution < 1.29 is 4.79 Å². The van der Waals surface area contributed by atoms with Gasteiger partial charge in [0.25, 0.3) is 0 Å². The lowest BCUT2D eigenvalue weighted by Gasteiger charge is -2.06. The van der Waals surface area contributed by atoms with Gasteiger partial charge in [-0.3, -0.25) is 0 Å². The maximum Gasteiger partial charge on any atom is 0.341 e. The van der Waals surface area contributed by atoms with Crippen molar-refractivity contribution in [3.8, 4) is 0 Å². The van der Waals surface area contributed by atoms with Crippen LogP contribution >= 0.6 is 33.2 Å². The normalized spacial score (nSPS) is 11.3. The second kappa shape index (κ2) is 13.4. The van der Waals surface area contributed by atoms with Crippen molar-refractivity contribution in [2.75, 3.05) is 6.54 Å². The van der Waals surface area contributed by atoms with E-state index < -0.39 is 6.00 Å². The highest BCUT2D eigenvalue weighted by Gasteiger charge is 2.23. The Kier molecular flexibility index (Phi) is 13.8. The van der Waals surface area contributed by atoms with E-state index in [1.165, 1.54) is 51.4 Å². The van der Waals surface area contributed by atoms with Crippen LogP contribution in [0.2, 0.25) is 6.04 Å². The minimum Gasteiger partial charge on any atom is -0.211 e. The molecule has 6 heteroatoms. The molecule has 0 amide bonds. The summed E-state index contributed by atoms with van der Waals surface area (Å²) in [5.41, 5.74) is 0. The molecule has 0 radical (unpaired) electrons. The van der Waals surface area contributed by atoms with Crippen LogP contribution in [-0.2, 0) is 4.79 Å². The van der Waals surface area contributed by atoms with Crippen molar-refractivity contribution in [2.45, 2.75) is 70.3 Å². The van der Waals surface area contributed by atoms with Crippen LogP contribution < -0.4 is 0 Å². The van der Waals surface area contributed by atoms with Crippen LogP contribution in [0.1, 0.15) is 64.2 Å². The maximum absolute atomic E-state index is 9.83. The zero-order valence-electron chi connectivity index (χ0n) is 11.5. The number of isocyanates is 1. The molecule has 0 fully saturated rings. The van der Waals surface area contributed by atoms with Gasteiger partial charge in [-0.15, -0.1) is 33.2 Å². The third-order valence-corrected chi connectivity index (χ3v) is 5.67. The zero-order valence-corrected chi connectivity index (χ0v) is 14.7. The SMILES string of the molecule is O=C=NCCCCCCCCCCCC[Si](Cl)(Cl)Cl. The first-order valence-electron chi connectivity index (χ1n) is 7.16. The highest BCUT2D eigenvalue weighted by Crippen LogP contribution is 2.27. The quantitative estimate of drug-likeness (QED) is 0.135. The fraction of sp³-hybridized carbons (Fsp3) is 0.923. The van der Waals surface area contributed by atoms with Crippen LogP contribution in [0, 0.1) is 0 Å². The third-order valence-electron chi connectivity index (χ3n) is 3.04. The Morgan fingerprint density at radius 3 is 1.58 bits per heavy atom. The molecule has 0 atom stereocenters. The first-order chi connectivity index (χ1) is 9.06. The summed E-state index contributed by atoms with van der Waals surface area (Å²) in [4.78, 5) is 13.4. The molecule has 112 valence electrons. The lowest BCUT2D eigenvalue weighted by atomic mass is 10.1. The monoisotopic (exact) mass is 343 g/mol. The van der Waals surface area contributed by atoms with E-state index in [-0.39, 0.29) is 0 Å². The molecule has 2 nitrogen and oxygen atoms in total. The van der Waals surface area contributed by atoms with Gasteiger partial charge in [-0.25, -0.2) is 9.79 Å². The van der Waals surface area contributed by atoms with E-state index in [2.05, 4.69) is 4.99 Å². The van der Waals surface area contributed by atoms with Crippen LogP contribution in [0.15, 0.2) is 4.99 Å². The van der Waals surface area contributed by atoms with E-state index in [9.17, 15) is 4.79 Å². The van der Waals surface area contributed by atoms with Crippen molar-refractivity contribution in [1.82, 2.24) is 0 Å². The molecule has 19 heavy (non-hydrogen) atoms. The van der Waals surface area contributed by atoms with Gasteiger partial charge in [-0.1, -0.05) is 57.8 Å². The van der Waals surface area contributed by atoms with Gasteiger partial charge >= 0.3 is 6.00 Å². The molecule has 0 aliphatic rings. The highest BCUT2D eigenvalue weighted by atomic mass is 35.8. The minimum absolute atomic E-state index is 0.635. The molecule has 0 aromatic rings. The van der Waals surface area contributed by atoms with E-state index >= 15 is 0 Å². The smallest absolute Gasteiger partial charge is 0.211 e. The summed E-state index contributed by atoms with van der Waals surface area (Å²) < 4.78 is 0. The second-order valence-electron chi connectivity index (χ2n) is 4.87. The van der Waals surface area contributed by atoms with E-state index in [0.29, 0.717) is 6.54 Å². The van der Waals surface area contributed by atoms with Gasteiger partial charge in [0.2, 0.25) is 6.08 Å². The number of hydrogen-bond donors (Lipinski definition) is 0. The molecule has 0 aromatic heterocycles. The standard InChI is InChI=1S/C13H24Cl3NOSi/c14-19(15,16)12-10-8-6-4-2-1-3-5-7-9-11-17-13-18/h1-12H2. The van der Waals surface area contributed by atoms with Crippen LogP contribution in [0.25, 0.3) is 0 Å². The number of hydrogen-bond acceptors (Lipinski definition) is 2. The van der Waals surface area contributed by atoms with Gasteiger partial charge in [-0.2, -0.15) is 0 Å². The van der Waals surface area contributed by atoms with Crippen LogP contribution in [0.5, 0.6) is 0 Å². The van der Waals surface area contributed by atoms with E-state index in [0.717, 1.165) is 18.9 Å². The predicted octanol–water partition coefficient (Wildman–Crippen LogP) is 5.88. The molecular formula is C13H24Cl3NOSi. The molecule has 0 aliphatic heterocycles. The average molecular weight is 345 g/mol. The third kappa shape index (κ3) is 18.5. The molecule has 0 aliphatic carbocycles. The molecule has 0 aromatic carbocycles. The summed E-state index contributed by atoms with van der Waals surface area (Å²) in [5.74, 6) is 0. The summed E-state index contributed by atoms with van der Waals surface area (Å²) in [6, 6.07) is -1.58. The largest absolute Gasteiger partial charge is 0.341 e. The molecule has 0 saturated heterocycles. The van der Waals surface area contributed by atoms with Gasteiger partial charge in [0.15, 0.2) is 0 Å². The minimum atomic E-state index is -2.37. The number of rotatable bonds is 13. The molecular weight excluding hydrogens is 321 g/mol. The first kappa shape index (κ1) is 19.5. The first-order valence-corrected chi connectivity index (χ1v) is 12.4. The Morgan fingerprint density at radius 1 is 0.737 bits per heavy atom. The van der Waals surface area contributed by atoms with Crippen molar-refractivity contribution >= 4 is 45.3 Å². The second-order valence-corrected chi connectivity index (χ2v) is 14.2. The van der Waals surface area contributed by atoms with E-state index in [1.807, 2.05) is 0 Å². The van der Waals surface area contributed by atoms with Crippen molar-refractivity contribution in [3.05, 3.63) is 0 Å². The summed E-state index contributed by atoms with van der Waals surface area (Å²) >= 11 is 17.5. The Hall–Kier alpha value is 0.467. The van der Waals surface area contributed by atoms with Gasteiger partial charge in [0, 0.05) is 0 Å². The summed E-state index contributed by atoms with van der Waals surface area (Å²) in [6.45, 7) is 0.635. The highest BCUT2D eigenvalue weighted by molar-refractivity contribution is 7.64. The Labute approximate surface area is 132 Å². The Bertz CT molecular complexity index is 253. The lowest BCUT2D eigenvalue weighted by Crippen LogP contribution is -2.07. The molecule has 0 heterocycles. The molecule has 0 bridgehead atoms. The summed E-state index contributed by atoms with van der Waals surface area (Å²) in [7, 11) is 0. The summed E-state index contributed by atoms with van der Waals surface area (Å²) in [5, 5.41) is 0. The van der Waals surface area contributed by atoms with Gasteiger partial charge in [0.05, 0.1) is 6.54 Å². The van der Waals surface area contributed by atoms with E-state index in [1.54, 1.807) is 6.08 Å². The Balaban J connectivity index is 3.05. The molecule has 0 unspecified atom stereocenters. The van der Waals surface area contributed by atoms with Gasteiger partial charge in [-0.05, 0) is 12.5 Å². The topological polar surface area (TPSA) is 29.4 Å². The van der Waals surface area contributed by atoms with Crippen molar-refractivity contribution in [1.29, 1.82) is 0 Å². The van der Waals surface area contributed by atoms with Crippen LogP contribution in [0.3, 0.4) is 0 Å². The fourth-order valence-corrected chi connectivity index (χ4v) is 3.83. The number of aliphatic imine (C=N–C) groups is 1. The molecule has 0 N–H and O–H groups in total. The fourth-order valence-electron chi connectivity index (χ4n) is 1.98. The number of halogens is 3. The predicted molar refractivity (Wildman–Crippen MR) is 87.3 cm³/mol. The van der Waals surface area contributed by atoms with Crippen LogP contribution in [0.4, 0.5) is 0 Å². The van der Waals surface area contributed by atoms with Crippen LogP contribution in [-0.4, -0.2) is 18.6 Å².